The Balaban J connectivity index is 3.12. The second kappa shape index (κ2) is 5.14. The standard InChI is InChI=1S/C12H19NO3S/c1-7-8(11(14)16-6)17-10(13-7)9(15-5)12(2,3)4/h9H,1-6H3. The van der Waals surface area contributed by atoms with Crippen molar-refractivity contribution in [3.8, 4) is 0 Å². The molecule has 17 heavy (non-hydrogen) atoms. The number of aryl methyl sites for hydroxylation is 1. The third-order valence-corrected chi connectivity index (χ3v) is 3.61. The van der Waals surface area contributed by atoms with Gasteiger partial charge >= 0.3 is 5.97 Å². The zero-order valence-electron chi connectivity index (χ0n) is 11.2. The first-order chi connectivity index (χ1) is 7.81. The highest BCUT2D eigenvalue weighted by Crippen LogP contribution is 2.38. The predicted octanol–water partition coefficient (Wildman–Crippen LogP) is 2.97. The first-order valence-corrected chi connectivity index (χ1v) is 6.21. The normalized spacial score (nSPS) is 13.5. The van der Waals surface area contributed by atoms with E-state index in [-0.39, 0.29) is 17.5 Å². The van der Waals surface area contributed by atoms with E-state index in [1.807, 2.05) is 6.92 Å². The lowest BCUT2D eigenvalue weighted by Crippen LogP contribution is -2.19. The predicted molar refractivity (Wildman–Crippen MR) is 67.4 cm³/mol. The third-order valence-electron chi connectivity index (χ3n) is 2.43. The molecule has 1 aromatic rings. The average molecular weight is 257 g/mol. The minimum absolute atomic E-state index is 0.0631. The second-order valence-electron chi connectivity index (χ2n) is 4.94. The summed E-state index contributed by atoms with van der Waals surface area (Å²) in [7, 11) is 3.03. The second-order valence-corrected chi connectivity index (χ2v) is 5.97. The van der Waals surface area contributed by atoms with E-state index >= 15 is 0 Å². The molecule has 1 aromatic heterocycles. The summed E-state index contributed by atoms with van der Waals surface area (Å²) in [5, 5.41) is 0.818. The maximum absolute atomic E-state index is 11.5. The monoisotopic (exact) mass is 257 g/mol. The summed E-state index contributed by atoms with van der Waals surface area (Å²) in [6.45, 7) is 8.04. The van der Waals surface area contributed by atoms with Gasteiger partial charge in [-0.25, -0.2) is 9.78 Å². The Hall–Kier alpha value is -0.940. The van der Waals surface area contributed by atoms with Gasteiger partial charge < -0.3 is 9.47 Å². The van der Waals surface area contributed by atoms with Crippen molar-refractivity contribution in [2.45, 2.75) is 33.8 Å². The van der Waals surface area contributed by atoms with E-state index in [2.05, 4.69) is 25.8 Å². The van der Waals surface area contributed by atoms with Crippen LogP contribution in [0.3, 0.4) is 0 Å². The molecular formula is C12H19NO3S. The zero-order chi connectivity index (χ0) is 13.2. The number of aromatic nitrogens is 1. The summed E-state index contributed by atoms with van der Waals surface area (Å²) in [5.41, 5.74) is 0.634. The molecule has 0 bridgehead atoms. The lowest BCUT2D eigenvalue weighted by molar-refractivity contribution is 0.0150. The van der Waals surface area contributed by atoms with Crippen molar-refractivity contribution in [3.63, 3.8) is 0 Å². The van der Waals surface area contributed by atoms with Gasteiger partial charge in [-0.1, -0.05) is 20.8 Å². The number of hydrogen-bond acceptors (Lipinski definition) is 5. The fraction of sp³-hybridized carbons (Fsp3) is 0.667. The number of carbonyl (C=O) groups is 1. The third kappa shape index (κ3) is 3.04. The molecule has 5 heteroatoms. The average Bonchev–Trinajstić information content (AvgIpc) is 2.58. The van der Waals surface area contributed by atoms with E-state index in [0.717, 1.165) is 5.01 Å². The Morgan fingerprint density at radius 2 is 1.94 bits per heavy atom. The van der Waals surface area contributed by atoms with Gasteiger partial charge in [0.25, 0.3) is 0 Å². The molecule has 1 heterocycles. The Morgan fingerprint density at radius 1 is 1.35 bits per heavy atom. The van der Waals surface area contributed by atoms with E-state index in [4.69, 9.17) is 9.47 Å². The van der Waals surface area contributed by atoms with Gasteiger partial charge in [0.2, 0.25) is 0 Å². The van der Waals surface area contributed by atoms with E-state index in [1.165, 1.54) is 18.4 Å². The summed E-state index contributed by atoms with van der Waals surface area (Å²) >= 11 is 1.34. The van der Waals surface area contributed by atoms with Crippen molar-refractivity contribution in [1.29, 1.82) is 0 Å². The summed E-state index contributed by atoms with van der Waals surface area (Å²) in [4.78, 5) is 16.5. The summed E-state index contributed by atoms with van der Waals surface area (Å²) in [6, 6.07) is 0. The first-order valence-electron chi connectivity index (χ1n) is 5.39. The van der Waals surface area contributed by atoms with Gasteiger partial charge in [-0.3, -0.25) is 0 Å². The molecule has 0 saturated heterocycles. The Kier molecular flexibility index (Phi) is 4.27. The Bertz CT molecular complexity index is 406. The molecule has 0 amide bonds. The summed E-state index contributed by atoms with van der Waals surface area (Å²) in [5.74, 6) is -0.338. The van der Waals surface area contributed by atoms with Gasteiger partial charge in [0.1, 0.15) is 16.0 Å². The number of carbonyl (C=O) groups excluding carboxylic acids is 1. The molecule has 0 aromatic carbocycles. The molecule has 0 aliphatic rings. The smallest absolute Gasteiger partial charge is 0.349 e. The highest BCUT2D eigenvalue weighted by Gasteiger charge is 2.30. The van der Waals surface area contributed by atoms with Crippen molar-refractivity contribution in [2.75, 3.05) is 14.2 Å². The molecule has 1 rings (SSSR count). The zero-order valence-corrected chi connectivity index (χ0v) is 12.0. The summed E-state index contributed by atoms with van der Waals surface area (Å²) < 4.78 is 10.2. The molecule has 0 fully saturated rings. The van der Waals surface area contributed by atoms with Crippen LogP contribution in [-0.2, 0) is 9.47 Å². The molecule has 0 N–H and O–H groups in total. The maximum atomic E-state index is 11.5. The number of rotatable bonds is 3. The topological polar surface area (TPSA) is 48.4 Å². The van der Waals surface area contributed by atoms with Crippen LogP contribution in [0.15, 0.2) is 0 Å². The number of esters is 1. The Morgan fingerprint density at radius 3 is 2.35 bits per heavy atom. The SMILES string of the molecule is COC(=O)c1sc(C(OC)C(C)(C)C)nc1C. The van der Waals surface area contributed by atoms with Gasteiger partial charge in [-0.15, -0.1) is 11.3 Å². The first kappa shape index (κ1) is 14.1. The van der Waals surface area contributed by atoms with Crippen LogP contribution in [0.5, 0.6) is 0 Å². The van der Waals surface area contributed by atoms with Crippen molar-refractivity contribution in [2.24, 2.45) is 5.41 Å². The maximum Gasteiger partial charge on any atom is 0.349 e. The molecule has 0 aliphatic carbocycles. The van der Waals surface area contributed by atoms with Crippen LogP contribution in [0.25, 0.3) is 0 Å². The molecule has 0 radical (unpaired) electrons. The van der Waals surface area contributed by atoms with Gasteiger partial charge in [0, 0.05) is 7.11 Å². The number of methoxy groups -OCH3 is 2. The van der Waals surface area contributed by atoms with Crippen LogP contribution in [0.1, 0.15) is 47.2 Å². The van der Waals surface area contributed by atoms with Gasteiger partial charge in [-0.2, -0.15) is 0 Å². The number of nitrogens with zero attached hydrogens (tertiary/aromatic N) is 1. The van der Waals surface area contributed by atoms with Crippen molar-refractivity contribution in [1.82, 2.24) is 4.98 Å². The minimum atomic E-state index is -0.338. The molecular weight excluding hydrogens is 238 g/mol. The number of ether oxygens (including phenoxy) is 2. The Labute approximate surface area is 106 Å². The van der Waals surface area contributed by atoms with E-state index in [9.17, 15) is 4.79 Å². The van der Waals surface area contributed by atoms with Gasteiger partial charge in [-0.05, 0) is 12.3 Å². The van der Waals surface area contributed by atoms with E-state index < -0.39 is 0 Å². The highest BCUT2D eigenvalue weighted by molar-refractivity contribution is 7.13. The number of hydrogen-bond donors (Lipinski definition) is 0. The van der Waals surface area contributed by atoms with E-state index in [1.54, 1.807) is 7.11 Å². The molecule has 1 atom stereocenters. The molecule has 1 unspecified atom stereocenters. The molecule has 0 spiro atoms. The number of thiazole rings is 1. The molecule has 0 saturated carbocycles. The minimum Gasteiger partial charge on any atom is -0.465 e. The summed E-state index contributed by atoms with van der Waals surface area (Å²) in [6.07, 6.45) is -0.121. The van der Waals surface area contributed by atoms with Gasteiger partial charge in [0.05, 0.1) is 12.8 Å². The van der Waals surface area contributed by atoms with Crippen LogP contribution in [0, 0.1) is 12.3 Å². The fourth-order valence-corrected chi connectivity index (χ4v) is 2.94. The van der Waals surface area contributed by atoms with Crippen molar-refractivity contribution >= 4 is 17.3 Å². The largest absolute Gasteiger partial charge is 0.465 e. The quantitative estimate of drug-likeness (QED) is 0.781. The van der Waals surface area contributed by atoms with Crippen LogP contribution < -0.4 is 0 Å². The molecule has 4 nitrogen and oxygen atoms in total. The van der Waals surface area contributed by atoms with Crippen LogP contribution >= 0.6 is 11.3 Å². The lowest BCUT2D eigenvalue weighted by atomic mass is 9.89. The lowest BCUT2D eigenvalue weighted by Gasteiger charge is -2.27. The van der Waals surface area contributed by atoms with Crippen LogP contribution in [-0.4, -0.2) is 25.2 Å². The van der Waals surface area contributed by atoms with Gasteiger partial charge in [0.15, 0.2) is 0 Å². The van der Waals surface area contributed by atoms with Crippen molar-refractivity contribution < 1.29 is 14.3 Å². The van der Waals surface area contributed by atoms with Crippen LogP contribution in [0.2, 0.25) is 0 Å². The van der Waals surface area contributed by atoms with Crippen LogP contribution in [0.4, 0.5) is 0 Å². The molecule has 96 valence electrons. The van der Waals surface area contributed by atoms with Crippen molar-refractivity contribution in [3.05, 3.63) is 15.6 Å². The van der Waals surface area contributed by atoms with E-state index in [0.29, 0.717) is 10.6 Å². The highest BCUT2D eigenvalue weighted by atomic mass is 32.1. The molecule has 0 aliphatic heterocycles. The fourth-order valence-electron chi connectivity index (χ4n) is 1.64.